The Hall–Kier alpha value is -2.41. The Morgan fingerprint density at radius 1 is 1.10 bits per heavy atom. The predicted octanol–water partition coefficient (Wildman–Crippen LogP) is 1.02. The number of carbonyl (C=O) groups is 1. The second-order valence-electron chi connectivity index (χ2n) is 4.38. The van der Waals surface area contributed by atoms with Crippen LogP contribution in [0.2, 0.25) is 0 Å². The molecule has 0 bridgehead atoms. The number of pyridine rings is 1. The van der Waals surface area contributed by atoms with Gasteiger partial charge < -0.3 is 9.67 Å². The molecule has 1 aromatic carbocycles. The van der Waals surface area contributed by atoms with E-state index < -0.39 is 15.8 Å². The van der Waals surface area contributed by atoms with E-state index in [1.807, 2.05) is 0 Å². The molecular weight excluding hydrogens is 294 g/mol. The third-order valence-corrected chi connectivity index (χ3v) is 4.67. The van der Waals surface area contributed by atoms with Crippen LogP contribution in [0, 0.1) is 0 Å². The lowest BCUT2D eigenvalue weighted by Crippen LogP contribution is -2.22. The summed E-state index contributed by atoms with van der Waals surface area (Å²) in [6.45, 7) is 0.0443. The fourth-order valence-corrected chi connectivity index (χ4v) is 3.01. The molecule has 2 rings (SSSR count). The summed E-state index contributed by atoms with van der Waals surface area (Å²) >= 11 is 0. The fraction of sp³-hybridized carbons (Fsp3) is 0.143. The minimum atomic E-state index is -3.57. The quantitative estimate of drug-likeness (QED) is 0.890. The van der Waals surface area contributed by atoms with Crippen LogP contribution >= 0.6 is 0 Å². The molecule has 1 heterocycles. The molecule has 0 aliphatic heterocycles. The highest BCUT2D eigenvalue weighted by molar-refractivity contribution is 7.91. The van der Waals surface area contributed by atoms with Gasteiger partial charge in [0.15, 0.2) is 9.84 Å². The smallest absolute Gasteiger partial charge is 0.335 e. The molecule has 0 aliphatic carbocycles. The summed E-state index contributed by atoms with van der Waals surface area (Å²) < 4.78 is 25.6. The number of benzene rings is 1. The SMILES string of the molecule is O=C(O)c1ccc(S(=O)(=O)CCn2ccccc2=O)cc1. The number of aromatic carboxylic acids is 1. The lowest BCUT2D eigenvalue weighted by atomic mass is 10.2. The summed E-state index contributed by atoms with van der Waals surface area (Å²) in [7, 11) is -3.57. The average Bonchev–Trinajstić information content (AvgIpc) is 2.46. The number of aromatic nitrogens is 1. The van der Waals surface area contributed by atoms with Crippen LogP contribution in [-0.2, 0) is 16.4 Å². The van der Waals surface area contributed by atoms with Crippen molar-refractivity contribution in [2.75, 3.05) is 5.75 Å². The molecule has 0 aliphatic rings. The van der Waals surface area contributed by atoms with Crippen LogP contribution in [-0.4, -0.2) is 29.8 Å². The zero-order valence-corrected chi connectivity index (χ0v) is 11.8. The number of rotatable bonds is 5. The first-order valence-corrected chi connectivity index (χ1v) is 7.77. The highest BCUT2D eigenvalue weighted by Crippen LogP contribution is 2.13. The van der Waals surface area contributed by atoms with Crippen molar-refractivity contribution < 1.29 is 18.3 Å². The van der Waals surface area contributed by atoms with Crippen molar-refractivity contribution in [3.05, 3.63) is 64.6 Å². The van der Waals surface area contributed by atoms with E-state index in [9.17, 15) is 18.0 Å². The van der Waals surface area contributed by atoms with Crippen molar-refractivity contribution in [1.82, 2.24) is 4.57 Å². The van der Waals surface area contributed by atoms with Crippen LogP contribution in [0.15, 0.2) is 58.4 Å². The normalized spacial score (nSPS) is 11.2. The molecule has 0 saturated carbocycles. The van der Waals surface area contributed by atoms with Gasteiger partial charge in [-0.3, -0.25) is 4.79 Å². The number of aryl methyl sites for hydroxylation is 1. The van der Waals surface area contributed by atoms with E-state index in [1.54, 1.807) is 12.1 Å². The number of hydrogen-bond acceptors (Lipinski definition) is 4. The van der Waals surface area contributed by atoms with Gasteiger partial charge in [0.1, 0.15) is 0 Å². The molecule has 0 radical (unpaired) electrons. The van der Waals surface area contributed by atoms with Gasteiger partial charge in [-0.2, -0.15) is 0 Å². The molecule has 0 spiro atoms. The number of sulfone groups is 1. The second kappa shape index (κ2) is 5.92. The maximum Gasteiger partial charge on any atom is 0.335 e. The van der Waals surface area contributed by atoms with Crippen LogP contribution in [0.5, 0.6) is 0 Å². The van der Waals surface area contributed by atoms with E-state index >= 15 is 0 Å². The summed E-state index contributed by atoms with van der Waals surface area (Å²) in [5.74, 6) is -1.35. The highest BCUT2D eigenvalue weighted by atomic mass is 32.2. The Morgan fingerprint density at radius 2 is 1.76 bits per heavy atom. The zero-order chi connectivity index (χ0) is 15.5. The van der Waals surface area contributed by atoms with Gasteiger partial charge in [0, 0.05) is 18.8 Å². The Morgan fingerprint density at radius 3 is 2.33 bits per heavy atom. The molecule has 0 unspecified atom stereocenters. The number of carboxylic acids is 1. The van der Waals surface area contributed by atoms with Crippen molar-refractivity contribution >= 4 is 15.8 Å². The summed E-state index contributed by atoms with van der Waals surface area (Å²) in [5, 5.41) is 8.77. The van der Waals surface area contributed by atoms with Gasteiger partial charge in [-0.15, -0.1) is 0 Å². The molecule has 0 saturated heterocycles. The van der Waals surface area contributed by atoms with Crippen molar-refractivity contribution in [3.63, 3.8) is 0 Å². The Kier molecular flexibility index (Phi) is 4.23. The number of carboxylic acid groups (broad SMARTS) is 1. The van der Waals surface area contributed by atoms with Gasteiger partial charge >= 0.3 is 5.97 Å². The molecular formula is C14H13NO5S. The van der Waals surface area contributed by atoms with Gasteiger partial charge in [-0.1, -0.05) is 6.07 Å². The first-order chi connectivity index (χ1) is 9.90. The monoisotopic (exact) mass is 307 g/mol. The summed E-state index contributed by atoms with van der Waals surface area (Å²) in [6, 6.07) is 9.58. The van der Waals surface area contributed by atoms with Crippen molar-refractivity contribution in [3.8, 4) is 0 Å². The molecule has 0 atom stereocenters. The lowest BCUT2D eigenvalue weighted by Gasteiger charge is -2.07. The van der Waals surface area contributed by atoms with E-state index in [2.05, 4.69) is 0 Å². The maximum absolute atomic E-state index is 12.1. The van der Waals surface area contributed by atoms with E-state index in [0.29, 0.717) is 0 Å². The van der Waals surface area contributed by atoms with Crippen LogP contribution in [0.1, 0.15) is 10.4 Å². The fourth-order valence-electron chi connectivity index (χ4n) is 1.79. The lowest BCUT2D eigenvalue weighted by molar-refractivity contribution is 0.0696. The Bertz CT molecular complexity index is 806. The molecule has 0 fully saturated rings. The molecule has 6 nitrogen and oxygen atoms in total. The summed E-state index contributed by atoms with van der Waals surface area (Å²) in [6.07, 6.45) is 1.52. The van der Waals surface area contributed by atoms with Gasteiger partial charge in [0.25, 0.3) is 5.56 Å². The number of hydrogen-bond donors (Lipinski definition) is 1. The average molecular weight is 307 g/mol. The predicted molar refractivity (Wildman–Crippen MR) is 76.2 cm³/mol. The van der Waals surface area contributed by atoms with E-state index in [4.69, 9.17) is 5.11 Å². The van der Waals surface area contributed by atoms with Crippen molar-refractivity contribution in [2.45, 2.75) is 11.4 Å². The van der Waals surface area contributed by atoms with Gasteiger partial charge in [-0.25, -0.2) is 13.2 Å². The van der Waals surface area contributed by atoms with Gasteiger partial charge in [0.2, 0.25) is 0 Å². The molecule has 7 heteroatoms. The molecule has 0 amide bonds. The third kappa shape index (κ3) is 3.57. The van der Waals surface area contributed by atoms with E-state index in [1.165, 1.54) is 41.1 Å². The minimum absolute atomic E-state index is 0.0215. The molecule has 110 valence electrons. The topological polar surface area (TPSA) is 93.4 Å². The Balaban J connectivity index is 2.17. The first kappa shape index (κ1) is 15.0. The van der Waals surface area contributed by atoms with Gasteiger partial charge in [0.05, 0.1) is 16.2 Å². The van der Waals surface area contributed by atoms with E-state index in [-0.39, 0.29) is 28.3 Å². The Labute approximate surface area is 121 Å². The number of nitrogens with zero attached hydrogens (tertiary/aromatic N) is 1. The first-order valence-electron chi connectivity index (χ1n) is 6.12. The van der Waals surface area contributed by atoms with Crippen molar-refractivity contribution in [2.24, 2.45) is 0 Å². The standard InChI is InChI=1S/C14H13NO5S/c16-13-3-1-2-8-15(13)9-10-21(19,20)12-6-4-11(5-7-12)14(17)18/h1-8H,9-10H2,(H,17,18). The molecule has 21 heavy (non-hydrogen) atoms. The van der Waals surface area contributed by atoms with Crippen LogP contribution in [0.25, 0.3) is 0 Å². The van der Waals surface area contributed by atoms with Crippen LogP contribution < -0.4 is 5.56 Å². The van der Waals surface area contributed by atoms with E-state index in [0.717, 1.165) is 0 Å². The summed E-state index contributed by atoms with van der Waals surface area (Å²) in [5.41, 5.74) is -0.248. The van der Waals surface area contributed by atoms with Crippen molar-refractivity contribution in [1.29, 1.82) is 0 Å². The summed E-state index contributed by atoms with van der Waals surface area (Å²) in [4.78, 5) is 22.3. The maximum atomic E-state index is 12.1. The zero-order valence-electron chi connectivity index (χ0n) is 11.0. The van der Waals surface area contributed by atoms with Gasteiger partial charge in [-0.05, 0) is 30.3 Å². The molecule has 1 aromatic heterocycles. The highest BCUT2D eigenvalue weighted by Gasteiger charge is 2.15. The third-order valence-electron chi connectivity index (χ3n) is 2.96. The molecule has 1 N–H and O–H groups in total. The second-order valence-corrected chi connectivity index (χ2v) is 6.49. The molecule has 2 aromatic rings. The van der Waals surface area contributed by atoms with Crippen LogP contribution in [0.3, 0.4) is 0 Å². The van der Waals surface area contributed by atoms with Crippen LogP contribution in [0.4, 0.5) is 0 Å². The minimum Gasteiger partial charge on any atom is -0.478 e. The largest absolute Gasteiger partial charge is 0.478 e.